The molecule has 1 saturated carbocycles. The molecule has 0 heterocycles. The Hall–Kier alpha value is -1.49. The maximum Gasteiger partial charge on any atom is 0.242 e. The lowest BCUT2D eigenvalue weighted by Gasteiger charge is -2.28. The van der Waals surface area contributed by atoms with Crippen LogP contribution in [-0.2, 0) is 10.3 Å². The number of hydrogen-bond donors (Lipinski definition) is 2. The van der Waals surface area contributed by atoms with Crippen LogP contribution < -0.4 is 11.1 Å². The summed E-state index contributed by atoms with van der Waals surface area (Å²) in [6.07, 6.45) is 2.14. The number of halogens is 2. The third-order valence-corrected chi connectivity index (χ3v) is 3.40. The molecule has 1 amide bonds. The van der Waals surface area contributed by atoms with Crippen molar-refractivity contribution in [2.24, 2.45) is 11.7 Å². The summed E-state index contributed by atoms with van der Waals surface area (Å²) in [5.41, 5.74) is 3.49. The van der Waals surface area contributed by atoms with Gasteiger partial charge in [-0.05, 0) is 44.4 Å². The molecule has 0 aromatic heterocycles. The fraction of sp³-hybridized carbons (Fsp3) is 0.462. The van der Waals surface area contributed by atoms with Gasteiger partial charge in [0.15, 0.2) is 0 Å². The van der Waals surface area contributed by atoms with Crippen molar-refractivity contribution in [2.45, 2.75) is 25.3 Å². The Morgan fingerprint density at radius 3 is 2.44 bits per heavy atom. The summed E-state index contributed by atoms with van der Waals surface area (Å²) in [6, 6.07) is 3.51. The molecule has 1 unspecified atom stereocenters. The first-order valence-corrected chi connectivity index (χ1v) is 5.94. The largest absolute Gasteiger partial charge is 0.368 e. The van der Waals surface area contributed by atoms with E-state index in [0.29, 0.717) is 12.5 Å². The van der Waals surface area contributed by atoms with Gasteiger partial charge in [0, 0.05) is 0 Å². The molecule has 0 saturated heterocycles. The smallest absolute Gasteiger partial charge is 0.242 e. The van der Waals surface area contributed by atoms with Crippen LogP contribution in [0.25, 0.3) is 0 Å². The highest BCUT2D eigenvalue weighted by Crippen LogP contribution is 2.31. The van der Waals surface area contributed by atoms with E-state index >= 15 is 0 Å². The number of carbonyl (C=O) groups excluding carboxylic acids is 1. The molecule has 0 radical (unpaired) electrons. The third kappa shape index (κ3) is 2.36. The molecule has 1 aromatic rings. The highest BCUT2D eigenvalue weighted by molar-refractivity contribution is 5.85. The number of primary amides is 1. The van der Waals surface area contributed by atoms with Crippen LogP contribution in [0.4, 0.5) is 8.78 Å². The van der Waals surface area contributed by atoms with Crippen molar-refractivity contribution in [1.82, 2.24) is 5.32 Å². The molecule has 1 atom stereocenters. The van der Waals surface area contributed by atoms with E-state index in [2.05, 4.69) is 5.32 Å². The van der Waals surface area contributed by atoms with E-state index in [1.54, 1.807) is 0 Å². The Morgan fingerprint density at radius 2 is 2.00 bits per heavy atom. The first-order valence-electron chi connectivity index (χ1n) is 5.94. The maximum atomic E-state index is 13.8. The van der Waals surface area contributed by atoms with E-state index in [-0.39, 0.29) is 5.56 Å². The van der Waals surface area contributed by atoms with Crippen molar-refractivity contribution in [1.29, 1.82) is 0 Å². The summed E-state index contributed by atoms with van der Waals surface area (Å²) in [5.74, 6) is -1.84. The third-order valence-electron chi connectivity index (χ3n) is 3.40. The van der Waals surface area contributed by atoms with Gasteiger partial charge in [-0.15, -0.1) is 0 Å². The van der Waals surface area contributed by atoms with Crippen molar-refractivity contribution in [3.63, 3.8) is 0 Å². The second-order valence-corrected chi connectivity index (χ2v) is 4.91. The van der Waals surface area contributed by atoms with Gasteiger partial charge in [-0.25, -0.2) is 8.78 Å². The number of amides is 1. The normalized spacial score (nSPS) is 18.4. The van der Waals surface area contributed by atoms with Crippen LogP contribution in [0.3, 0.4) is 0 Å². The Morgan fingerprint density at radius 1 is 1.44 bits per heavy atom. The Labute approximate surface area is 104 Å². The van der Waals surface area contributed by atoms with Crippen LogP contribution in [0.2, 0.25) is 0 Å². The predicted molar refractivity (Wildman–Crippen MR) is 63.6 cm³/mol. The van der Waals surface area contributed by atoms with Gasteiger partial charge < -0.3 is 5.73 Å². The maximum absolute atomic E-state index is 13.8. The predicted octanol–water partition coefficient (Wildman–Crippen LogP) is 1.66. The van der Waals surface area contributed by atoms with Gasteiger partial charge in [0.05, 0.1) is 5.56 Å². The molecule has 98 valence electrons. The number of nitrogens with two attached hydrogens (primary N) is 1. The quantitative estimate of drug-likeness (QED) is 0.839. The fourth-order valence-corrected chi connectivity index (χ4v) is 1.94. The van der Waals surface area contributed by atoms with Gasteiger partial charge in [0.1, 0.15) is 17.2 Å². The molecule has 3 nitrogen and oxygen atoms in total. The zero-order valence-electron chi connectivity index (χ0n) is 10.2. The summed E-state index contributed by atoms with van der Waals surface area (Å²) < 4.78 is 27.5. The molecule has 1 fully saturated rings. The molecular formula is C13H16F2N2O. The molecule has 0 bridgehead atoms. The van der Waals surface area contributed by atoms with Crippen molar-refractivity contribution in [3.8, 4) is 0 Å². The Bertz CT molecular complexity index is 454. The number of carbonyl (C=O) groups is 1. The van der Waals surface area contributed by atoms with Crippen LogP contribution in [0.5, 0.6) is 0 Å². The molecule has 3 N–H and O–H groups in total. The molecule has 5 heteroatoms. The summed E-state index contributed by atoms with van der Waals surface area (Å²) >= 11 is 0. The monoisotopic (exact) mass is 254 g/mol. The second kappa shape index (κ2) is 4.65. The van der Waals surface area contributed by atoms with Crippen molar-refractivity contribution in [3.05, 3.63) is 35.4 Å². The first kappa shape index (κ1) is 13.0. The van der Waals surface area contributed by atoms with E-state index in [0.717, 1.165) is 25.0 Å². The summed E-state index contributed by atoms with van der Waals surface area (Å²) in [6.45, 7) is 1.95. The van der Waals surface area contributed by atoms with Gasteiger partial charge >= 0.3 is 0 Å². The lowest BCUT2D eigenvalue weighted by Crippen LogP contribution is -2.52. The minimum atomic E-state index is -1.52. The van der Waals surface area contributed by atoms with Gasteiger partial charge in [-0.2, -0.15) is 0 Å². The zero-order chi connectivity index (χ0) is 13.3. The van der Waals surface area contributed by atoms with Crippen LogP contribution in [0.1, 0.15) is 25.3 Å². The van der Waals surface area contributed by atoms with E-state index in [9.17, 15) is 13.6 Å². The van der Waals surface area contributed by atoms with Gasteiger partial charge in [0.2, 0.25) is 5.91 Å². The molecule has 1 aliphatic carbocycles. The standard InChI is InChI=1S/C13H16F2N2O/c1-13(12(16)18,17-7-8-5-6-8)11-9(14)3-2-4-10(11)15/h2-4,8,17H,5-7H2,1H3,(H2,16,18). The average molecular weight is 254 g/mol. The van der Waals surface area contributed by atoms with E-state index in [1.165, 1.54) is 13.0 Å². The topological polar surface area (TPSA) is 55.1 Å². The van der Waals surface area contributed by atoms with Crippen LogP contribution >= 0.6 is 0 Å². The van der Waals surface area contributed by atoms with E-state index in [4.69, 9.17) is 5.73 Å². The van der Waals surface area contributed by atoms with E-state index < -0.39 is 23.1 Å². The lowest BCUT2D eigenvalue weighted by atomic mass is 9.90. The van der Waals surface area contributed by atoms with Crippen molar-refractivity contribution >= 4 is 5.91 Å². The van der Waals surface area contributed by atoms with Crippen LogP contribution in [-0.4, -0.2) is 12.5 Å². The number of nitrogens with one attached hydrogen (secondary N) is 1. The van der Waals surface area contributed by atoms with Gasteiger partial charge in [0.25, 0.3) is 0 Å². The molecule has 1 aromatic carbocycles. The number of rotatable bonds is 5. The molecule has 1 aliphatic rings. The molecule has 0 spiro atoms. The Kier molecular flexibility index (Phi) is 3.34. The van der Waals surface area contributed by atoms with Crippen LogP contribution in [0.15, 0.2) is 18.2 Å². The second-order valence-electron chi connectivity index (χ2n) is 4.91. The minimum Gasteiger partial charge on any atom is -0.368 e. The zero-order valence-corrected chi connectivity index (χ0v) is 10.2. The fourth-order valence-electron chi connectivity index (χ4n) is 1.94. The molecule has 2 rings (SSSR count). The van der Waals surface area contributed by atoms with Gasteiger partial charge in [-0.3, -0.25) is 10.1 Å². The molecular weight excluding hydrogens is 238 g/mol. The SMILES string of the molecule is CC(NCC1CC1)(C(N)=O)c1c(F)cccc1F. The number of benzene rings is 1. The first-order chi connectivity index (χ1) is 8.45. The average Bonchev–Trinajstić information content (AvgIpc) is 3.09. The molecule has 18 heavy (non-hydrogen) atoms. The summed E-state index contributed by atoms with van der Waals surface area (Å²) in [7, 11) is 0. The summed E-state index contributed by atoms with van der Waals surface area (Å²) in [4.78, 5) is 11.6. The minimum absolute atomic E-state index is 0.307. The number of hydrogen-bond acceptors (Lipinski definition) is 2. The highest BCUT2D eigenvalue weighted by Gasteiger charge is 2.39. The van der Waals surface area contributed by atoms with Crippen LogP contribution in [0, 0.1) is 17.6 Å². The Balaban J connectivity index is 2.35. The van der Waals surface area contributed by atoms with Crippen molar-refractivity contribution in [2.75, 3.05) is 6.54 Å². The molecule has 0 aliphatic heterocycles. The lowest BCUT2D eigenvalue weighted by molar-refractivity contribution is -0.124. The highest BCUT2D eigenvalue weighted by atomic mass is 19.1. The van der Waals surface area contributed by atoms with Crippen molar-refractivity contribution < 1.29 is 13.6 Å². The van der Waals surface area contributed by atoms with Gasteiger partial charge in [-0.1, -0.05) is 6.07 Å². The van der Waals surface area contributed by atoms with E-state index in [1.807, 2.05) is 0 Å². The summed E-state index contributed by atoms with van der Waals surface area (Å²) in [5, 5.41) is 2.90.